The van der Waals surface area contributed by atoms with Crippen LogP contribution < -0.4 is 0 Å². The Balaban J connectivity index is 1.73. The number of hydrogen-bond acceptors (Lipinski definition) is 3. The molecule has 1 aliphatic heterocycles. The van der Waals surface area contributed by atoms with Crippen LogP contribution in [-0.2, 0) is 13.0 Å². The molecule has 1 aliphatic rings. The Morgan fingerprint density at radius 1 is 0.900 bits per heavy atom. The van der Waals surface area contributed by atoms with Crippen molar-refractivity contribution in [3.63, 3.8) is 0 Å². The van der Waals surface area contributed by atoms with Crippen LogP contribution in [0.4, 0.5) is 0 Å². The lowest BCUT2D eigenvalue weighted by Crippen LogP contribution is -2.47. The zero-order valence-electron chi connectivity index (χ0n) is 13.3. The number of nitrogens with zero attached hydrogens (tertiary/aromatic N) is 3. The summed E-state index contributed by atoms with van der Waals surface area (Å²) in [7, 11) is 4.30. The third kappa shape index (κ3) is 4.89. The van der Waals surface area contributed by atoms with Gasteiger partial charge < -0.3 is 4.90 Å². The topological polar surface area (TPSA) is 9.72 Å². The number of piperazine rings is 1. The van der Waals surface area contributed by atoms with Crippen LogP contribution in [0.15, 0.2) is 24.3 Å². The van der Waals surface area contributed by atoms with E-state index in [-0.39, 0.29) is 0 Å². The lowest BCUT2D eigenvalue weighted by atomic mass is 10.1. The maximum Gasteiger partial charge on any atom is 0.0234 e. The summed E-state index contributed by atoms with van der Waals surface area (Å²) in [6.07, 6.45) is 1.13. The minimum Gasteiger partial charge on any atom is -0.308 e. The van der Waals surface area contributed by atoms with Gasteiger partial charge in [-0.25, -0.2) is 0 Å². The zero-order chi connectivity index (χ0) is 14.4. The fourth-order valence-electron chi connectivity index (χ4n) is 2.65. The van der Waals surface area contributed by atoms with Crippen LogP contribution in [0.25, 0.3) is 0 Å². The van der Waals surface area contributed by atoms with Crippen molar-refractivity contribution in [2.45, 2.75) is 19.9 Å². The number of aryl methyl sites for hydroxylation is 1. The van der Waals surface area contributed by atoms with Crippen LogP contribution in [0, 0.1) is 0 Å². The summed E-state index contributed by atoms with van der Waals surface area (Å²) >= 11 is 0. The number of benzene rings is 1. The molecule has 1 aromatic rings. The molecule has 1 fully saturated rings. The molecule has 0 amide bonds. The first kappa shape index (κ1) is 15.5. The van der Waals surface area contributed by atoms with Gasteiger partial charge in [0, 0.05) is 45.8 Å². The van der Waals surface area contributed by atoms with E-state index in [0.717, 1.165) is 13.0 Å². The molecule has 3 heteroatoms. The second-order valence-electron chi connectivity index (χ2n) is 6.09. The number of likely N-dealkylation sites (N-methyl/N-ethyl adjacent to an activating group) is 1. The molecule has 0 aromatic heterocycles. The molecular formula is C17H29N3. The fourth-order valence-corrected chi connectivity index (χ4v) is 2.65. The Kier molecular flexibility index (Phi) is 6.02. The summed E-state index contributed by atoms with van der Waals surface area (Å²) in [6, 6.07) is 9.11. The first-order valence-electron chi connectivity index (χ1n) is 7.84. The minimum atomic E-state index is 1.10. The summed E-state index contributed by atoms with van der Waals surface area (Å²) in [4.78, 5) is 7.42. The van der Waals surface area contributed by atoms with Gasteiger partial charge in [0.25, 0.3) is 0 Å². The van der Waals surface area contributed by atoms with Crippen molar-refractivity contribution in [2.24, 2.45) is 0 Å². The third-order valence-corrected chi connectivity index (χ3v) is 4.17. The molecule has 1 saturated heterocycles. The lowest BCUT2D eigenvalue weighted by molar-refractivity contribution is 0.120. The van der Waals surface area contributed by atoms with Crippen molar-refractivity contribution in [1.82, 2.24) is 14.7 Å². The van der Waals surface area contributed by atoms with E-state index < -0.39 is 0 Å². The van der Waals surface area contributed by atoms with Crippen LogP contribution in [0.2, 0.25) is 0 Å². The normalized spacial score (nSPS) is 17.8. The van der Waals surface area contributed by atoms with Gasteiger partial charge in [-0.1, -0.05) is 31.2 Å². The van der Waals surface area contributed by atoms with Gasteiger partial charge in [-0.2, -0.15) is 0 Å². The highest BCUT2D eigenvalue weighted by Crippen LogP contribution is 2.10. The van der Waals surface area contributed by atoms with Gasteiger partial charge in [-0.05, 0) is 31.6 Å². The minimum absolute atomic E-state index is 1.10. The molecule has 0 spiro atoms. The highest BCUT2D eigenvalue weighted by atomic mass is 15.3. The second kappa shape index (κ2) is 7.77. The summed E-state index contributed by atoms with van der Waals surface area (Å²) < 4.78 is 0. The zero-order valence-corrected chi connectivity index (χ0v) is 13.3. The highest BCUT2D eigenvalue weighted by Gasteiger charge is 2.16. The van der Waals surface area contributed by atoms with Crippen LogP contribution in [0.3, 0.4) is 0 Å². The molecule has 0 bridgehead atoms. The Bertz CT molecular complexity index is 378. The van der Waals surface area contributed by atoms with Crippen LogP contribution in [-0.4, -0.2) is 68.1 Å². The maximum atomic E-state index is 2.58. The van der Waals surface area contributed by atoms with Crippen molar-refractivity contribution in [1.29, 1.82) is 0 Å². The summed E-state index contributed by atoms with van der Waals surface area (Å²) in [5.41, 5.74) is 2.88. The summed E-state index contributed by atoms with van der Waals surface area (Å²) in [5, 5.41) is 0. The largest absolute Gasteiger partial charge is 0.308 e. The Labute approximate surface area is 124 Å². The van der Waals surface area contributed by atoms with E-state index in [1.54, 1.807) is 0 Å². The first-order chi connectivity index (χ1) is 9.67. The van der Waals surface area contributed by atoms with Gasteiger partial charge >= 0.3 is 0 Å². The van der Waals surface area contributed by atoms with Crippen molar-refractivity contribution < 1.29 is 0 Å². The molecule has 0 saturated carbocycles. The van der Waals surface area contributed by atoms with E-state index in [0.29, 0.717) is 0 Å². The molecule has 2 rings (SSSR count). The van der Waals surface area contributed by atoms with Crippen molar-refractivity contribution in [2.75, 3.05) is 53.4 Å². The van der Waals surface area contributed by atoms with Crippen LogP contribution in [0.5, 0.6) is 0 Å². The molecule has 0 atom stereocenters. The molecule has 0 radical (unpaired) electrons. The quantitative estimate of drug-likeness (QED) is 0.785. The van der Waals surface area contributed by atoms with Gasteiger partial charge in [0.2, 0.25) is 0 Å². The molecule has 0 aliphatic carbocycles. The maximum absolute atomic E-state index is 2.58. The lowest BCUT2D eigenvalue weighted by Gasteiger charge is -2.35. The number of hydrogen-bond donors (Lipinski definition) is 0. The van der Waals surface area contributed by atoms with Gasteiger partial charge in [0.1, 0.15) is 0 Å². The van der Waals surface area contributed by atoms with Crippen LogP contribution in [0.1, 0.15) is 18.1 Å². The Hall–Kier alpha value is -0.900. The predicted octanol–water partition coefficient (Wildman–Crippen LogP) is 1.93. The van der Waals surface area contributed by atoms with Crippen molar-refractivity contribution in [3.05, 3.63) is 35.4 Å². The Morgan fingerprint density at radius 3 is 2.00 bits per heavy atom. The Morgan fingerprint density at radius 2 is 1.45 bits per heavy atom. The van der Waals surface area contributed by atoms with Gasteiger partial charge in [0.05, 0.1) is 0 Å². The van der Waals surface area contributed by atoms with Gasteiger partial charge in [-0.3, -0.25) is 9.80 Å². The molecule has 0 N–H and O–H groups in total. The third-order valence-electron chi connectivity index (χ3n) is 4.17. The van der Waals surface area contributed by atoms with E-state index >= 15 is 0 Å². The molecule has 1 aromatic carbocycles. The summed E-state index contributed by atoms with van der Waals surface area (Å²) in [6.45, 7) is 10.5. The van der Waals surface area contributed by atoms with Gasteiger partial charge in [0.15, 0.2) is 0 Å². The molecule has 20 heavy (non-hydrogen) atoms. The van der Waals surface area contributed by atoms with Gasteiger partial charge in [-0.15, -0.1) is 0 Å². The van der Waals surface area contributed by atoms with E-state index in [4.69, 9.17) is 0 Å². The van der Waals surface area contributed by atoms with Crippen LogP contribution >= 0.6 is 0 Å². The van der Waals surface area contributed by atoms with Crippen molar-refractivity contribution in [3.8, 4) is 0 Å². The molecule has 3 nitrogen and oxygen atoms in total. The fraction of sp³-hybridized carbons (Fsp3) is 0.647. The van der Waals surface area contributed by atoms with Crippen molar-refractivity contribution >= 4 is 0 Å². The molecule has 0 unspecified atom stereocenters. The average Bonchev–Trinajstić information content (AvgIpc) is 2.47. The SMILES string of the molecule is CCc1ccc(CN2CCN(CCN(C)C)CC2)cc1. The smallest absolute Gasteiger partial charge is 0.0234 e. The van der Waals surface area contributed by atoms with E-state index in [2.05, 4.69) is 60.0 Å². The van der Waals surface area contributed by atoms with E-state index in [9.17, 15) is 0 Å². The number of rotatable bonds is 6. The monoisotopic (exact) mass is 275 g/mol. The first-order valence-corrected chi connectivity index (χ1v) is 7.84. The van der Waals surface area contributed by atoms with E-state index in [1.165, 1.54) is 50.4 Å². The standard InChI is InChI=1S/C17H29N3/c1-4-16-5-7-17(8-6-16)15-20-13-11-19(12-14-20)10-9-18(2)3/h5-8H,4,9-15H2,1-3H3. The average molecular weight is 275 g/mol. The summed E-state index contributed by atoms with van der Waals surface area (Å²) in [5.74, 6) is 0. The second-order valence-corrected chi connectivity index (χ2v) is 6.09. The highest BCUT2D eigenvalue weighted by molar-refractivity contribution is 5.22. The molecular weight excluding hydrogens is 246 g/mol. The molecule has 112 valence electrons. The molecule has 1 heterocycles. The van der Waals surface area contributed by atoms with E-state index in [1.807, 2.05) is 0 Å². The predicted molar refractivity (Wildman–Crippen MR) is 86.1 cm³/mol.